The van der Waals surface area contributed by atoms with Crippen LogP contribution in [0.4, 0.5) is 0 Å². The van der Waals surface area contributed by atoms with Gasteiger partial charge in [0.15, 0.2) is 0 Å². The van der Waals surface area contributed by atoms with Crippen LogP contribution >= 0.6 is 0 Å². The summed E-state index contributed by atoms with van der Waals surface area (Å²) < 4.78 is 27.5. The summed E-state index contributed by atoms with van der Waals surface area (Å²) >= 11 is 0. The van der Waals surface area contributed by atoms with Crippen molar-refractivity contribution in [3.63, 3.8) is 0 Å². The van der Waals surface area contributed by atoms with Crippen LogP contribution in [0.3, 0.4) is 0 Å². The van der Waals surface area contributed by atoms with Crippen LogP contribution in [-0.2, 0) is 23.7 Å². The fourth-order valence-electron chi connectivity index (χ4n) is 2.24. The van der Waals surface area contributed by atoms with Gasteiger partial charge in [-0.25, -0.2) is 0 Å². The molecule has 0 bridgehead atoms. The number of nitrogens with zero attached hydrogens (tertiary/aromatic N) is 1. The lowest BCUT2D eigenvalue weighted by Crippen LogP contribution is -2.33. The van der Waals surface area contributed by atoms with Crippen LogP contribution in [0.5, 0.6) is 0 Å². The second-order valence-corrected chi connectivity index (χ2v) is 6.07. The lowest BCUT2D eigenvalue weighted by Gasteiger charge is -2.22. The van der Waals surface area contributed by atoms with Crippen LogP contribution < -0.4 is 5.32 Å². The van der Waals surface area contributed by atoms with Gasteiger partial charge in [-0.2, -0.15) is 0 Å². The van der Waals surface area contributed by atoms with Gasteiger partial charge < -0.3 is 33.9 Å². The maximum absolute atomic E-state index is 5.76. The molecule has 7 heteroatoms. The van der Waals surface area contributed by atoms with E-state index in [9.17, 15) is 0 Å². The highest BCUT2D eigenvalue weighted by atomic mass is 16.6. The summed E-state index contributed by atoms with van der Waals surface area (Å²) in [4.78, 5) is 2.09. The second kappa shape index (κ2) is 16.2. The van der Waals surface area contributed by atoms with Gasteiger partial charge in [0.2, 0.25) is 0 Å². The first-order chi connectivity index (χ1) is 11.8. The van der Waals surface area contributed by atoms with Gasteiger partial charge in [-0.3, -0.25) is 0 Å². The summed E-state index contributed by atoms with van der Waals surface area (Å²) in [5.74, 6) is 0. The second-order valence-electron chi connectivity index (χ2n) is 6.07. The lowest BCUT2D eigenvalue weighted by molar-refractivity contribution is -0.0281. The Morgan fingerprint density at radius 2 is 1.17 bits per heavy atom. The Bertz CT molecular complexity index is 263. The number of piperidine rings is 1. The fraction of sp³-hybridized carbons (Fsp3) is 1.00. The van der Waals surface area contributed by atoms with E-state index in [1.807, 2.05) is 14.1 Å². The van der Waals surface area contributed by atoms with E-state index < -0.39 is 0 Å². The first-order valence-electron chi connectivity index (χ1n) is 9.07. The van der Waals surface area contributed by atoms with Gasteiger partial charge in [0, 0.05) is 6.54 Å². The highest BCUT2D eigenvalue weighted by Crippen LogP contribution is 2.06. The zero-order valence-corrected chi connectivity index (χ0v) is 15.5. The minimum absolute atomic E-state index is 0.398. The van der Waals surface area contributed by atoms with Crippen molar-refractivity contribution in [1.29, 1.82) is 0 Å². The first kappa shape index (κ1) is 21.8. The molecule has 0 atom stereocenters. The van der Waals surface area contributed by atoms with Crippen molar-refractivity contribution in [1.82, 2.24) is 10.2 Å². The third-order valence-corrected chi connectivity index (χ3v) is 3.67. The van der Waals surface area contributed by atoms with Crippen molar-refractivity contribution < 1.29 is 23.7 Å². The molecule has 1 fully saturated rings. The van der Waals surface area contributed by atoms with E-state index in [4.69, 9.17) is 23.7 Å². The van der Waals surface area contributed by atoms with E-state index in [2.05, 4.69) is 10.2 Å². The average molecular weight is 348 g/mol. The number of hydrogen-bond acceptors (Lipinski definition) is 7. The molecule has 0 radical (unpaired) electrons. The summed E-state index contributed by atoms with van der Waals surface area (Å²) in [6.07, 6.45) is 2.60. The summed E-state index contributed by atoms with van der Waals surface area (Å²) in [5.41, 5.74) is 0. The molecule has 0 amide bonds. The number of rotatable bonds is 16. The topological polar surface area (TPSA) is 61.4 Å². The number of likely N-dealkylation sites (N-methyl/N-ethyl adjacent to an activating group) is 1. The Morgan fingerprint density at radius 1 is 0.708 bits per heavy atom. The molecule has 0 aromatic heterocycles. The molecule has 0 unspecified atom stereocenters. The van der Waals surface area contributed by atoms with Crippen molar-refractivity contribution in [3.05, 3.63) is 0 Å². The minimum Gasteiger partial charge on any atom is -0.378 e. The van der Waals surface area contributed by atoms with E-state index in [1.165, 1.54) is 0 Å². The first-order valence-corrected chi connectivity index (χ1v) is 9.07. The Kier molecular flexibility index (Phi) is 14.7. The molecule has 1 aliphatic rings. The van der Waals surface area contributed by atoms with Crippen molar-refractivity contribution in [2.45, 2.75) is 18.9 Å². The maximum atomic E-state index is 5.76. The summed E-state index contributed by atoms with van der Waals surface area (Å²) in [7, 11) is 4.06. The molecular weight excluding hydrogens is 312 g/mol. The molecule has 7 nitrogen and oxygen atoms in total. The Balaban J connectivity index is 1.67. The molecular formula is C17H36N2O5. The molecule has 144 valence electrons. The number of nitrogens with one attached hydrogen (secondary N) is 1. The van der Waals surface area contributed by atoms with E-state index >= 15 is 0 Å². The van der Waals surface area contributed by atoms with Crippen LogP contribution in [0.1, 0.15) is 12.8 Å². The normalized spacial score (nSPS) is 16.1. The van der Waals surface area contributed by atoms with Gasteiger partial charge in [0.1, 0.15) is 0 Å². The van der Waals surface area contributed by atoms with Crippen molar-refractivity contribution in [2.24, 2.45) is 0 Å². The molecule has 1 rings (SSSR count). The molecule has 24 heavy (non-hydrogen) atoms. The molecule has 1 heterocycles. The van der Waals surface area contributed by atoms with Crippen LogP contribution in [0, 0.1) is 0 Å². The molecule has 0 aromatic rings. The van der Waals surface area contributed by atoms with E-state index in [1.54, 1.807) is 0 Å². The quantitative estimate of drug-likeness (QED) is 0.405. The van der Waals surface area contributed by atoms with Crippen molar-refractivity contribution in [2.75, 3.05) is 93.2 Å². The monoisotopic (exact) mass is 348 g/mol. The van der Waals surface area contributed by atoms with Crippen LogP contribution in [0.2, 0.25) is 0 Å². The van der Waals surface area contributed by atoms with Crippen LogP contribution in [0.25, 0.3) is 0 Å². The van der Waals surface area contributed by atoms with Gasteiger partial charge in [-0.15, -0.1) is 0 Å². The highest BCUT2D eigenvalue weighted by Gasteiger charge is 2.12. The molecule has 1 aliphatic heterocycles. The van der Waals surface area contributed by atoms with Gasteiger partial charge in [-0.1, -0.05) is 0 Å². The molecule has 1 saturated heterocycles. The predicted molar refractivity (Wildman–Crippen MR) is 93.7 cm³/mol. The molecule has 1 N–H and O–H groups in total. The van der Waals surface area contributed by atoms with Crippen LogP contribution in [-0.4, -0.2) is 104 Å². The molecule has 0 saturated carbocycles. The minimum atomic E-state index is 0.398. The van der Waals surface area contributed by atoms with Crippen LogP contribution in [0.15, 0.2) is 0 Å². The van der Waals surface area contributed by atoms with E-state index in [-0.39, 0.29) is 0 Å². The predicted octanol–water partition coefficient (Wildman–Crippen LogP) is 0.383. The van der Waals surface area contributed by atoms with E-state index in [0.29, 0.717) is 59.0 Å². The standard InChI is InChI=1S/C17H36N2O5/c1-19(2)7-8-20-9-10-21-11-12-22-13-14-23-15-16-24-17-3-5-18-6-4-17/h17-18H,3-16H2,1-2H3. The maximum Gasteiger partial charge on any atom is 0.0704 e. The Hall–Kier alpha value is -0.280. The number of ether oxygens (including phenoxy) is 5. The lowest BCUT2D eigenvalue weighted by atomic mass is 10.1. The van der Waals surface area contributed by atoms with Crippen molar-refractivity contribution >= 4 is 0 Å². The highest BCUT2D eigenvalue weighted by molar-refractivity contribution is 4.67. The Labute approximate surface area is 146 Å². The van der Waals surface area contributed by atoms with Crippen molar-refractivity contribution in [3.8, 4) is 0 Å². The van der Waals surface area contributed by atoms with Gasteiger partial charge in [-0.05, 0) is 40.0 Å². The molecule has 0 aromatic carbocycles. The largest absolute Gasteiger partial charge is 0.378 e. The average Bonchev–Trinajstić information content (AvgIpc) is 2.59. The van der Waals surface area contributed by atoms with Gasteiger partial charge in [0.25, 0.3) is 0 Å². The summed E-state index contributed by atoms with van der Waals surface area (Å²) in [5, 5.41) is 3.32. The Morgan fingerprint density at radius 3 is 1.67 bits per heavy atom. The smallest absolute Gasteiger partial charge is 0.0704 e. The third-order valence-electron chi connectivity index (χ3n) is 3.67. The zero-order chi connectivity index (χ0) is 17.3. The van der Waals surface area contributed by atoms with Gasteiger partial charge >= 0.3 is 0 Å². The molecule has 0 aliphatic carbocycles. The number of hydrogen-bond donors (Lipinski definition) is 1. The summed E-state index contributed by atoms with van der Waals surface area (Å²) in [6, 6.07) is 0. The summed E-state index contributed by atoms with van der Waals surface area (Å²) in [6.45, 7) is 8.72. The molecule has 0 spiro atoms. The van der Waals surface area contributed by atoms with Gasteiger partial charge in [0.05, 0.1) is 65.6 Å². The van der Waals surface area contributed by atoms with E-state index in [0.717, 1.165) is 39.1 Å². The zero-order valence-electron chi connectivity index (χ0n) is 15.5. The SMILES string of the molecule is CN(C)CCOCCOCCOCCOCCOC1CCNCC1. The fourth-order valence-corrected chi connectivity index (χ4v) is 2.24. The third kappa shape index (κ3) is 14.1.